The summed E-state index contributed by atoms with van der Waals surface area (Å²) in [5, 5.41) is 10.0. The molecule has 2 rings (SSSR count). The van der Waals surface area contributed by atoms with Crippen LogP contribution < -0.4 is 4.90 Å². The standard InChI is InChI=1S/C13H18ClNO/c1-9-5-11(9)7-15(2)13-6-12(14)4-3-10(13)8-16/h3-4,6,9,11,16H,5,7-8H2,1-2H3. The van der Waals surface area contributed by atoms with E-state index in [0.29, 0.717) is 0 Å². The number of hydrogen-bond acceptors (Lipinski definition) is 2. The van der Waals surface area contributed by atoms with Crippen molar-refractivity contribution in [2.45, 2.75) is 20.0 Å². The molecule has 0 saturated heterocycles. The zero-order valence-corrected chi connectivity index (χ0v) is 10.5. The van der Waals surface area contributed by atoms with Gasteiger partial charge in [-0.1, -0.05) is 24.6 Å². The summed E-state index contributed by atoms with van der Waals surface area (Å²) in [7, 11) is 2.07. The van der Waals surface area contributed by atoms with E-state index in [1.165, 1.54) is 6.42 Å². The van der Waals surface area contributed by atoms with Crippen LogP contribution >= 0.6 is 11.6 Å². The van der Waals surface area contributed by atoms with Gasteiger partial charge in [0.15, 0.2) is 0 Å². The van der Waals surface area contributed by atoms with E-state index in [-0.39, 0.29) is 6.61 Å². The first-order valence-electron chi connectivity index (χ1n) is 5.72. The van der Waals surface area contributed by atoms with Crippen LogP contribution in [0.15, 0.2) is 18.2 Å². The van der Waals surface area contributed by atoms with Crippen molar-refractivity contribution in [1.29, 1.82) is 0 Å². The summed E-state index contributed by atoms with van der Waals surface area (Å²) >= 11 is 5.99. The summed E-state index contributed by atoms with van der Waals surface area (Å²) in [4.78, 5) is 2.20. The van der Waals surface area contributed by atoms with E-state index in [4.69, 9.17) is 11.6 Å². The maximum absolute atomic E-state index is 9.29. The van der Waals surface area contributed by atoms with Crippen LogP contribution in [0.2, 0.25) is 5.02 Å². The molecule has 88 valence electrons. The van der Waals surface area contributed by atoms with Gasteiger partial charge in [0.05, 0.1) is 6.61 Å². The van der Waals surface area contributed by atoms with Gasteiger partial charge in [-0.2, -0.15) is 0 Å². The van der Waals surface area contributed by atoms with Crippen LogP contribution in [0.25, 0.3) is 0 Å². The van der Waals surface area contributed by atoms with Crippen LogP contribution in [-0.2, 0) is 6.61 Å². The summed E-state index contributed by atoms with van der Waals surface area (Å²) in [6.45, 7) is 3.40. The normalized spacial score (nSPS) is 23.2. The smallest absolute Gasteiger partial charge is 0.0702 e. The van der Waals surface area contributed by atoms with Crippen molar-refractivity contribution in [3.8, 4) is 0 Å². The first-order valence-corrected chi connectivity index (χ1v) is 6.10. The highest BCUT2D eigenvalue weighted by Gasteiger charge is 2.33. The predicted octanol–water partition coefficient (Wildman–Crippen LogP) is 2.92. The van der Waals surface area contributed by atoms with E-state index in [2.05, 4.69) is 18.9 Å². The highest BCUT2D eigenvalue weighted by Crippen LogP contribution is 2.39. The number of anilines is 1. The Morgan fingerprint density at radius 3 is 2.75 bits per heavy atom. The maximum Gasteiger partial charge on any atom is 0.0702 e. The predicted molar refractivity (Wildman–Crippen MR) is 67.9 cm³/mol. The second-order valence-electron chi connectivity index (χ2n) is 4.78. The lowest BCUT2D eigenvalue weighted by Gasteiger charge is -2.22. The SMILES string of the molecule is CC1CC1CN(C)c1cc(Cl)ccc1CO. The van der Waals surface area contributed by atoms with Crippen molar-refractivity contribution in [2.75, 3.05) is 18.5 Å². The Kier molecular flexibility index (Phi) is 3.41. The molecule has 0 aromatic heterocycles. The first kappa shape index (κ1) is 11.7. The van der Waals surface area contributed by atoms with Crippen molar-refractivity contribution in [2.24, 2.45) is 11.8 Å². The fourth-order valence-corrected chi connectivity index (χ4v) is 2.30. The van der Waals surface area contributed by atoms with Gasteiger partial charge in [0.2, 0.25) is 0 Å². The molecule has 1 aliphatic carbocycles. The average molecular weight is 240 g/mol. The molecule has 0 spiro atoms. The van der Waals surface area contributed by atoms with Crippen LogP contribution in [0.4, 0.5) is 5.69 Å². The fraction of sp³-hybridized carbons (Fsp3) is 0.538. The lowest BCUT2D eigenvalue weighted by Crippen LogP contribution is -2.21. The molecule has 1 aromatic rings. The second-order valence-corrected chi connectivity index (χ2v) is 5.22. The third kappa shape index (κ3) is 2.50. The number of rotatable bonds is 4. The highest BCUT2D eigenvalue weighted by atomic mass is 35.5. The molecule has 16 heavy (non-hydrogen) atoms. The van der Waals surface area contributed by atoms with Crippen molar-refractivity contribution in [3.05, 3.63) is 28.8 Å². The van der Waals surface area contributed by atoms with E-state index in [0.717, 1.165) is 34.7 Å². The Bertz CT molecular complexity index is 380. The monoisotopic (exact) mass is 239 g/mol. The summed E-state index contributed by atoms with van der Waals surface area (Å²) in [5.41, 5.74) is 1.99. The van der Waals surface area contributed by atoms with Gasteiger partial charge in [0.1, 0.15) is 0 Å². The van der Waals surface area contributed by atoms with Gasteiger partial charge in [-0.3, -0.25) is 0 Å². The third-order valence-corrected chi connectivity index (χ3v) is 3.65. The van der Waals surface area contributed by atoms with Gasteiger partial charge in [-0.25, -0.2) is 0 Å². The Balaban J connectivity index is 2.13. The summed E-state index contributed by atoms with van der Waals surface area (Å²) in [6, 6.07) is 5.65. The van der Waals surface area contributed by atoms with Gasteiger partial charge >= 0.3 is 0 Å². The van der Waals surface area contributed by atoms with E-state index in [1.54, 1.807) is 0 Å². The minimum atomic E-state index is 0.0665. The van der Waals surface area contributed by atoms with Gasteiger partial charge in [0, 0.05) is 29.9 Å². The maximum atomic E-state index is 9.29. The molecule has 1 aromatic carbocycles. The lowest BCUT2D eigenvalue weighted by molar-refractivity contribution is 0.282. The van der Waals surface area contributed by atoms with Crippen LogP contribution in [0.3, 0.4) is 0 Å². The molecule has 0 heterocycles. The van der Waals surface area contributed by atoms with Gasteiger partial charge in [-0.05, 0) is 30.4 Å². The number of nitrogens with zero attached hydrogens (tertiary/aromatic N) is 1. The van der Waals surface area contributed by atoms with E-state index >= 15 is 0 Å². The zero-order chi connectivity index (χ0) is 11.7. The van der Waals surface area contributed by atoms with Crippen molar-refractivity contribution >= 4 is 17.3 Å². The number of aliphatic hydroxyl groups excluding tert-OH is 1. The second kappa shape index (κ2) is 4.64. The Morgan fingerprint density at radius 2 is 2.19 bits per heavy atom. The molecule has 0 radical (unpaired) electrons. The van der Waals surface area contributed by atoms with Crippen LogP contribution in [0.5, 0.6) is 0 Å². The zero-order valence-electron chi connectivity index (χ0n) is 9.78. The molecule has 2 unspecified atom stereocenters. The molecular weight excluding hydrogens is 222 g/mol. The fourth-order valence-electron chi connectivity index (χ4n) is 2.13. The number of hydrogen-bond donors (Lipinski definition) is 1. The number of benzene rings is 1. The Labute approximate surface area is 102 Å². The summed E-state index contributed by atoms with van der Waals surface area (Å²) in [5.74, 6) is 1.65. The van der Waals surface area contributed by atoms with E-state index in [9.17, 15) is 5.11 Å². The molecular formula is C13H18ClNO. The third-order valence-electron chi connectivity index (χ3n) is 3.41. The van der Waals surface area contributed by atoms with Gasteiger partial charge < -0.3 is 10.0 Å². The largest absolute Gasteiger partial charge is 0.392 e. The van der Waals surface area contributed by atoms with E-state index in [1.807, 2.05) is 18.2 Å². The van der Waals surface area contributed by atoms with E-state index < -0.39 is 0 Å². The topological polar surface area (TPSA) is 23.5 Å². The molecule has 0 aliphatic heterocycles. The van der Waals surface area contributed by atoms with Crippen LogP contribution in [0.1, 0.15) is 18.9 Å². The molecule has 0 bridgehead atoms. The minimum absolute atomic E-state index is 0.0665. The van der Waals surface area contributed by atoms with Crippen molar-refractivity contribution in [3.63, 3.8) is 0 Å². The molecule has 1 fully saturated rings. The van der Waals surface area contributed by atoms with Crippen LogP contribution in [0, 0.1) is 11.8 Å². The number of halogens is 1. The highest BCUT2D eigenvalue weighted by molar-refractivity contribution is 6.30. The summed E-state index contributed by atoms with van der Waals surface area (Å²) in [6.07, 6.45) is 1.32. The first-order chi connectivity index (χ1) is 7.61. The molecule has 1 N–H and O–H groups in total. The Morgan fingerprint density at radius 1 is 1.50 bits per heavy atom. The lowest BCUT2D eigenvalue weighted by atomic mass is 10.1. The quantitative estimate of drug-likeness (QED) is 0.874. The average Bonchev–Trinajstić information content (AvgIpc) is 2.94. The van der Waals surface area contributed by atoms with Crippen molar-refractivity contribution in [1.82, 2.24) is 0 Å². The summed E-state index contributed by atoms with van der Waals surface area (Å²) < 4.78 is 0. The Hall–Kier alpha value is -0.730. The van der Waals surface area contributed by atoms with Gasteiger partial charge in [0.25, 0.3) is 0 Å². The molecule has 1 saturated carbocycles. The molecule has 2 atom stereocenters. The number of aliphatic hydroxyl groups is 1. The van der Waals surface area contributed by atoms with Gasteiger partial charge in [-0.15, -0.1) is 0 Å². The van der Waals surface area contributed by atoms with Crippen molar-refractivity contribution < 1.29 is 5.11 Å². The molecule has 3 heteroatoms. The minimum Gasteiger partial charge on any atom is -0.392 e. The van der Waals surface area contributed by atoms with Crippen LogP contribution in [-0.4, -0.2) is 18.7 Å². The molecule has 0 amide bonds. The molecule has 1 aliphatic rings. The molecule has 2 nitrogen and oxygen atoms in total.